The molecule has 0 amide bonds. The highest BCUT2D eigenvalue weighted by molar-refractivity contribution is 9.10. The molecule has 0 aromatic heterocycles. The zero-order chi connectivity index (χ0) is 27.5. The molecule has 6 nitrogen and oxygen atoms in total. The number of allylic oxidation sites excluding steroid dienone is 3. The Balaban J connectivity index is 1.52. The molecule has 7 heteroatoms. The van der Waals surface area contributed by atoms with Crippen molar-refractivity contribution in [2.45, 2.75) is 38.2 Å². The summed E-state index contributed by atoms with van der Waals surface area (Å²) in [5.41, 5.74) is 5.39. The van der Waals surface area contributed by atoms with Gasteiger partial charge in [-0.3, -0.25) is 4.79 Å². The molecule has 0 saturated heterocycles. The Morgan fingerprint density at radius 1 is 0.949 bits per heavy atom. The van der Waals surface area contributed by atoms with Crippen molar-refractivity contribution in [3.63, 3.8) is 0 Å². The summed E-state index contributed by atoms with van der Waals surface area (Å²) in [6.07, 6.45) is 1.01. The molecule has 1 aliphatic heterocycles. The number of hydrogen-bond acceptors (Lipinski definition) is 6. The molecular formula is C32H30BrNO5. The quantitative estimate of drug-likeness (QED) is 0.315. The molecule has 2 unspecified atom stereocenters. The molecule has 39 heavy (non-hydrogen) atoms. The molecule has 2 atom stereocenters. The van der Waals surface area contributed by atoms with Crippen LogP contribution in [-0.4, -0.2) is 26.0 Å². The number of rotatable bonds is 7. The second-order valence-electron chi connectivity index (χ2n) is 9.75. The van der Waals surface area contributed by atoms with Gasteiger partial charge < -0.3 is 19.5 Å². The van der Waals surface area contributed by atoms with Crippen LogP contribution in [0.15, 0.2) is 99.8 Å². The van der Waals surface area contributed by atoms with E-state index in [0.29, 0.717) is 35.4 Å². The van der Waals surface area contributed by atoms with Gasteiger partial charge in [0.2, 0.25) is 0 Å². The Bertz CT molecular complexity index is 1460. The number of halogens is 1. The van der Waals surface area contributed by atoms with E-state index in [1.54, 1.807) is 14.2 Å². The van der Waals surface area contributed by atoms with Crippen molar-refractivity contribution < 1.29 is 23.8 Å². The number of nitrogens with one attached hydrogen (secondary N) is 1. The fourth-order valence-electron chi connectivity index (χ4n) is 5.42. The number of Topliss-reactive ketones (excluding diaryl/α,β-unsaturated/α-hetero) is 1. The lowest BCUT2D eigenvalue weighted by atomic mass is 9.71. The first-order valence-electron chi connectivity index (χ1n) is 12.8. The Labute approximate surface area is 236 Å². The second-order valence-corrected chi connectivity index (χ2v) is 10.6. The number of carbonyl (C=O) groups excluding carboxylic acids is 2. The Morgan fingerprint density at radius 2 is 1.67 bits per heavy atom. The van der Waals surface area contributed by atoms with E-state index in [9.17, 15) is 9.59 Å². The van der Waals surface area contributed by atoms with Crippen LogP contribution in [0, 0.1) is 0 Å². The van der Waals surface area contributed by atoms with E-state index in [2.05, 4.69) is 21.2 Å². The number of dihydropyridines is 1. The van der Waals surface area contributed by atoms with Crippen molar-refractivity contribution in [1.29, 1.82) is 0 Å². The number of methoxy groups -OCH3 is 2. The zero-order valence-electron chi connectivity index (χ0n) is 22.1. The van der Waals surface area contributed by atoms with Gasteiger partial charge in [0.25, 0.3) is 0 Å². The van der Waals surface area contributed by atoms with Crippen molar-refractivity contribution in [1.82, 2.24) is 5.32 Å². The van der Waals surface area contributed by atoms with Crippen LogP contribution in [0.3, 0.4) is 0 Å². The molecular weight excluding hydrogens is 558 g/mol. The first-order chi connectivity index (χ1) is 18.9. The molecule has 0 radical (unpaired) electrons. The van der Waals surface area contributed by atoms with Crippen LogP contribution in [-0.2, 0) is 20.9 Å². The summed E-state index contributed by atoms with van der Waals surface area (Å²) in [5, 5.41) is 3.41. The Kier molecular flexibility index (Phi) is 7.89. The van der Waals surface area contributed by atoms with Gasteiger partial charge >= 0.3 is 5.97 Å². The summed E-state index contributed by atoms with van der Waals surface area (Å²) in [4.78, 5) is 27.4. The SMILES string of the molecule is COc1ccc(C2CC(=O)C3=C(C2)NC(C)=C(C(=O)OCc2ccccc2)C3c2ccc(OC)c(Br)c2)cc1. The fraction of sp³-hybridized carbons (Fsp3) is 0.250. The van der Waals surface area contributed by atoms with Gasteiger partial charge in [0.15, 0.2) is 5.78 Å². The average Bonchev–Trinajstić information content (AvgIpc) is 2.95. The molecule has 2 aliphatic rings. The molecule has 3 aromatic carbocycles. The minimum Gasteiger partial charge on any atom is -0.497 e. The number of hydrogen-bond donors (Lipinski definition) is 1. The third kappa shape index (κ3) is 5.50. The van der Waals surface area contributed by atoms with Gasteiger partial charge in [0, 0.05) is 29.3 Å². The number of esters is 1. The summed E-state index contributed by atoms with van der Waals surface area (Å²) in [6.45, 7) is 2.02. The molecule has 0 fully saturated rings. The number of ketones is 1. The first kappa shape index (κ1) is 26.8. The van der Waals surface area contributed by atoms with E-state index in [-0.39, 0.29) is 18.3 Å². The zero-order valence-corrected chi connectivity index (χ0v) is 23.7. The van der Waals surface area contributed by atoms with Gasteiger partial charge in [-0.2, -0.15) is 0 Å². The number of carbonyl (C=O) groups is 2. The molecule has 0 spiro atoms. The largest absolute Gasteiger partial charge is 0.497 e. The van der Waals surface area contributed by atoms with Gasteiger partial charge in [-0.25, -0.2) is 4.79 Å². The van der Waals surface area contributed by atoms with E-state index in [1.165, 1.54) is 0 Å². The topological polar surface area (TPSA) is 73.9 Å². The molecule has 5 rings (SSSR count). The van der Waals surface area contributed by atoms with Crippen molar-refractivity contribution in [3.8, 4) is 11.5 Å². The average molecular weight is 588 g/mol. The molecule has 1 N–H and O–H groups in total. The van der Waals surface area contributed by atoms with Gasteiger partial charge in [-0.05, 0) is 76.1 Å². The smallest absolute Gasteiger partial charge is 0.337 e. The second kappa shape index (κ2) is 11.5. The highest BCUT2D eigenvalue weighted by Crippen LogP contribution is 2.46. The van der Waals surface area contributed by atoms with Crippen molar-refractivity contribution in [2.75, 3.05) is 14.2 Å². The predicted octanol–water partition coefficient (Wildman–Crippen LogP) is 6.57. The van der Waals surface area contributed by atoms with E-state index in [1.807, 2.05) is 79.7 Å². The number of benzene rings is 3. The van der Waals surface area contributed by atoms with Crippen LogP contribution in [0.1, 0.15) is 48.3 Å². The first-order valence-corrected chi connectivity index (χ1v) is 13.6. The molecule has 0 saturated carbocycles. The Morgan fingerprint density at radius 3 is 2.33 bits per heavy atom. The Hall–Kier alpha value is -3.84. The van der Waals surface area contributed by atoms with Crippen LogP contribution >= 0.6 is 15.9 Å². The lowest BCUT2D eigenvalue weighted by molar-refractivity contribution is -0.140. The molecule has 1 heterocycles. The van der Waals surface area contributed by atoms with E-state index >= 15 is 0 Å². The third-order valence-electron chi connectivity index (χ3n) is 7.36. The minimum atomic E-state index is -0.559. The van der Waals surface area contributed by atoms with Gasteiger partial charge in [0.05, 0.1) is 24.3 Å². The number of ether oxygens (including phenoxy) is 3. The minimum absolute atomic E-state index is 0.0161. The summed E-state index contributed by atoms with van der Waals surface area (Å²) < 4.78 is 17.2. The fourth-order valence-corrected chi connectivity index (χ4v) is 5.98. The summed E-state index contributed by atoms with van der Waals surface area (Å²) in [5.74, 6) is 0.484. The highest BCUT2D eigenvalue weighted by Gasteiger charge is 2.41. The van der Waals surface area contributed by atoms with Crippen LogP contribution in [0.2, 0.25) is 0 Å². The third-order valence-corrected chi connectivity index (χ3v) is 7.98. The summed E-state index contributed by atoms with van der Waals surface area (Å²) >= 11 is 3.58. The maximum Gasteiger partial charge on any atom is 0.337 e. The summed E-state index contributed by atoms with van der Waals surface area (Å²) in [6, 6.07) is 23.1. The molecule has 0 bridgehead atoms. The normalized spacial score (nSPS) is 18.8. The lowest BCUT2D eigenvalue weighted by Gasteiger charge is -2.37. The maximum atomic E-state index is 13.8. The van der Waals surface area contributed by atoms with Gasteiger partial charge in [-0.1, -0.05) is 48.5 Å². The van der Waals surface area contributed by atoms with Crippen LogP contribution < -0.4 is 14.8 Å². The van der Waals surface area contributed by atoms with E-state index in [4.69, 9.17) is 14.2 Å². The van der Waals surface area contributed by atoms with Gasteiger partial charge in [0.1, 0.15) is 18.1 Å². The highest BCUT2D eigenvalue weighted by atomic mass is 79.9. The van der Waals surface area contributed by atoms with Crippen LogP contribution in [0.5, 0.6) is 11.5 Å². The van der Waals surface area contributed by atoms with E-state index in [0.717, 1.165) is 32.6 Å². The molecule has 3 aromatic rings. The monoisotopic (exact) mass is 587 g/mol. The molecule has 200 valence electrons. The van der Waals surface area contributed by atoms with Crippen LogP contribution in [0.25, 0.3) is 0 Å². The van der Waals surface area contributed by atoms with Gasteiger partial charge in [-0.15, -0.1) is 0 Å². The van der Waals surface area contributed by atoms with Crippen molar-refractivity contribution in [2.24, 2.45) is 0 Å². The van der Waals surface area contributed by atoms with E-state index < -0.39 is 11.9 Å². The molecule has 1 aliphatic carbocycles. The van der Waals surface area contributed by atoms with Crippen molar-refractivity contribution >= 4 is 27.7 Å². The van der Waals surface area contributed by atoms with Crippen LogP contribution in [0.4, 0.5) is 0 Å². The summed E-state index contributed by atoms with van der Waals surface area (Å²) in [7, 11) is 3.24. The predicted molar refractivity (Wildman–Crippen MR) is 153 cm³/mol. The lowest BCUT2D eigenvalue weighted by Crippen LogP contribution is -2.36. The standard InChI is InChI=1S/C32H30BrNO5/c1-19-29(32(36)39-18-20-7-5-4-6-8-20)30(22-11-14-28(38-3)25(33)15-22)31-26(34-19)16-23(17-27(31)35)21-9-12-24(37-2)13-10-21/h4-15,23,30,34H,16-18H2,1-3H3. The van der Waals surface area contributed by atoms with Crippen molar-refractivity contribution in [3.05, 3.63) is 116 Å². The maximum absolute atomic E-state index is 13.8.